The summed E-state index contributed by atoms with van der Waals surface area (Å²) in [4.78, 5) is 0. The van der Waals surface area contributed by atoms with Crippen molar-refractivity contribution in [1.29, 1.82) is 0 Å². The average molecular weight is 257 g/mol. The minimum Gasteiger partial charge on any atom is -0.468 e. The molecule has 0 saturated carbocycles. The Bertz CT molecular complexity index is 499. The molecule has 0 aliphatic carbocycles. The molecule has 0 saturated heterocycles. The standard InChI is InChI=1S/C16H19NO2/c1-13(15-7-3-2-4-8-15)17-11-14-6-5-9-16(10-14)19-12-18/h2-10,13,17-18H,11-12H2,1H3. The summed E-state index contributed by atoms with van der Waals surface area (Å²) < 4.78 is 5.07. The van der Waals surface area contributed by atoms with Gasteiger partial charge in [-0.05, 0) is 30.2 Å². The molecule has 100 valence electrons. The van der Waals surface area contributed by atoms with Crippen LogP contribution in [0.25, 0.3) is 0 Å². The van der Waals surface area contributed by atoms with E-state index >= 15 is 0 Å². The summed E-state index contributed by atoms with van der Waals surface area (Å²) in [5, 5.41) is 12.2. The van der Waals surface area contributed by atoms with E-state index in [9.17, 15) is 0 Å². The average Bonchev–Trinajstić information content (AvgIpc) is 2.46. The van der Waals surface area contributed by atoms with Gasteiger partial charge in [-0.25, -0.2) is 0 Å². The molecular formula is C16H19NO2. The highest BCUT2D eigenvalue weighted by Crippen LogP contribution is 2.15. The molecule has 2 aromatic rings. The Labute approximate surface area is 113 Å². The fourth-order valence-electron chi connectivity index (χ4n) is 1.95. The molecule has 0 fully saturated rings. The van der Waals surface area contributed by atoms with Crippen LogP contribution >= 0.6 is 0 Å². The van der Waals surface area contributed by atoms with Crippen LogP contribution < -0.4 is 10.1 Å². The highest BCUT2D eigenvalue weighted by molar-refractivity contribution is 5.28. The van der Waals surface area contributed by atoms with Gasteiger partial charge >= 0.3 is 0 Å². The van der Waals surface area contributed by atoms with Gasteiger partial charge in [0.05, 0.1) is 0 Å². The van der Waals surface area contributed by atoms with Crippen LogP contribution in [0.15, 0.2) is 54.6 Å². The monoisotopic (exact) mass is 257 g/mol. The van der Waals surface area contributed by atoms with Gasteiger partial charge in [0.1, 0.15) is 5.75 Å². The lowest BCUT2D eigenvalue weighted by molar-refractivity contribution is 0.0984. The number of hydrogen-bond donors (Lipinski definition) is 2. The van der Waals surface area contributed by atoms with Gasteiger partial charge in [-0.2, -0.15) is 0 Å². The molecule has 0 aliphatic heterocycles. The maximum Gasteiger partial charge on any atom is 0.186 e. The largest absolute Gasteiger partial charge is 0.468 e. The van der Waals surface area contributed by atoms with Gasteiger partial charge in [0.15, 0.2) is 6.79 Å². The number of hydrogen-bond acceptors (Lipinski definition) is 3. The number of ether oxygens (including phenoxy) is 1. The number of rotatable bonds is 6. The summed E-state index contributed by atoms with van der Waals surface area (Å²) in [7, 11) is 0. The predicted octanol–water partition coefficient (Wildman–Crippen LogP) is 2.87. The first-order valence-electron chi connectivity index (χ1n) is 6.40. The second-order valence-electron chi connectivity index (χ2n) is 4.43. The second kappa shape index (κ2) is 6.92. The Hall–Kier alpha value is -1.84. The van der Waals surface area contributed by atoms with Gasteiger partial charge < -0.3 is 15.2 Å². The third-order valence-corrected chi connectivity index (χ3v) is 3.04. The minimum absolute atomic E-state index is 0.294. The maximum absolute atomic E-state index is 8.74. The van der Waals surface area contributed by atoms with Crippen LogP contribution in [0.5, 0.6) is 5.75 Å². The summed E-state index contributed by atoms with van der Waals surface area (Å²) in [5.74, 6) is 0.689. The minimum atomic E-state index is -0.294. The maximum atomic E-state index is 8.74. The van der Waals surface area contributed by atoms with E-state index in [1.165, 1.54) is 5.56 Å². The molecule has 0 heterocycles. The van der Waals surface area contributed by atoms with Crippen molar-refractivity contribution < 1.29 is 9.84 Å². The zero-order chi connectivity index (χ0) is 13.5. The molecule has 2 N–H and O–H groups in total. The SMILES string of the molecule is CC(NCc1cccc(OCO)c1)c1ccccc1. The van der Waals surface area contributed by atoms with E-state index in [1.807, 2.05) is 42.5 Å². The van der Waals surface area contributed by atoms with Crippen LogP contribution in [0, 0.1) is 0 Å². The van der Waals surface area contributed by atoms with Crippen LogP contribution in [0.4, 0.5) is 0 Å². The number of benzene rings is 2. The van der Waals surface area contributed by atoms with Crippen LogP contribution in [0.1, 0.15) is 24.1 Å². The fourth-order valence-corrected chi connectivity index (χ4v) is 1.95. The molecule has 0 spiro atoms. The van der Waals surface area contributed by atoms with Crippen molar-refractivity contribution in [2.24, 2.45) is 0 Å². The lowest BCUT2D eigenvalue weighted by Gasteiger charge is -2.14. The molecule has 3 nitrogen and oxygen atoms in total. The lowest BCUT2D eigenvalue weighted by Crippen LogP contribution is -2.17. The molecule has 3 heteroatoms. The molecule has 1 atom stereocenters. The number of aliphatic hydroxyl groups is 1. The van der Waals surface area contributed by atoms with Gasteiger partial charge in [0.2, 0.25) is 0 Å². The van der Waals surface area contributed by atoms with E-state index in [0.29, 0.717) is 11.8 Å². The summed E-state index contributed by atoms with van der Waals surface area (Å²) in [6.07, 6.45) is 0. The first kappa shape index (κ1) is 13.6. The van der Waals surface area contributed by atoms with Gasteiger partial charge in [0.25, 0.3) is 0 Å². The fraction of sp³-hybridized carbons (Fsp3) is 0.250. The molecule has 0 aromatic heterocycles. The van der Waals surface area contributed by atoms with Gasteiger partial charge in [-0.3, -0.25) is 0 Å². The molecule has 0 aliphatic rings. The third kappa shape index (κ3) is 4.09. The highest BCUT2D eigenvalue weighted by Gasteiger charge is 2.04. The molecule has 1 unspecified atom stereocenters. The third-order valence-electron chi connectivity index (χ3n) is 3.04. The quantitative estimate of drug-likeness (QED) is 0.782. The Balaban J connectivity index is 1.93. The van der Waals surface area contributed by atoms with Crippen molar-refractivity contribution in [3.8, 4) is 5.75 Å². The highest BCUT2D eigenvalue weighted by atomic mass is 16.6. The zero-order valence-corrected chi connectivity index (χ0v) is 11.0. The smallest absolute Gasteiger partial charge is 0.186 e. The van der Waals surface area contributed by atoms with E-state index in [4.69, 9.17) is 9.84 Å². The zero-order valence-electron chi connectivity index (χ0n) is 11.0. The molecule has 19 heavy (non-hydrogen) atoms. The molecule has 2 rings (SSSR count). The predicted molar refractivity (Wildman–Crippen MR) is 75.9 cm³/mol. The van der Waals surface area contributed by atoms with Gasteiger partial charge in [-0.15, -0.1) is 0 Å². The Kier molecular flexibility index (Phi) is 4.95. The summed E-state index contributed by atoms with van der Waals surface area (Å²) in [5.41, 5.74) is 2.40. The lowest BCUT2D eigenvalue weighted by atomic mass is 10.1. The summed E-state index contributed by atoms with van der Waals surface area (Å²) in [6, 6.07) is 18.4. The normalized spacial score (nSPS) is 12.1. The van der Waals surface area contributed by atoms with Crippen LogP contribution in [0.3, 0.4) is 0 Å². The van der Waals surface area contributed by atoms with Crippen LogP contribution in [-0.2, 0) is 6.54 Å². The van der Waals surface area contributed by atoms with E-state index in [1.54, 1.807) is 0 Å². The van der Waals surface area contributed by atoms with Crippen molar-refractivity contribution in [2.75, 3.05) is 6.79 Å². The molecule has 0 amide bonds. The Morgan fingerprint density at radius 1 is 1.11 bits per heavy atom. The van der Waals surface area contributed by atoms with Crippen molar-refractivity contribution in [2.45, 2.75) is 19.5 Å². The summed E-state index contributed by atoms with van der Waals surface area (Å²) >= 11 is 0. The number of nitrogens with one attached hydrogen (secondary N) is 1. The van der Waals surface area contributed by atoms with E-state index in [-0.39, 0.29) is 6.79 Å². The molecular weight excluding hydrogens is 238 g/mol. The van der Waals surface area contributed by atoms with Crippen molar-refractivity contribution in [1.82, 2.24) is 5.32 Å². The van der Waals surface area contributed by atoms with E-state index in [2.05, 4.69) is 24.4 Å². The van der Waals surface area contributed by atoms with Crippen LogP contribution in [0.2, 0.25) is 0 Å². The molecule has 0 bridgehead atoms. The van der Waals surface area contributed by atoms with Crippen molar-refractivity contribution in [3.63, 3.8) is 0 Å². The van der Waals surface area contributed by atoms with Crippen LogP contribution in [-0.4, -0.2) is 11.9 Å². The van der Waals surface area contributed by atoms with Gasteiger partial charge in [-0.1, -0.05) is 42.5 Å². The van der Waals surface area contributed by atoms with Crippen molar-refractivity contribution >= 4 is 0 Å². The second-order valence-corrected chi connectivity index (χ2v) is 4.43. The topological polar surface area (TPSA) is 41.5 Å². The first-order chi connectivity index (χ1) is 9.29. The Morgan fingerprint density at radius 3 is 2.63 bits per heavy atom. The molecule has 0 radical (unpaired) electrons. The van der Waals surface area contributed by atoms with E-state index in [0.717, 1.165) is 12.1 Å². The summed E-state index contributed by atoms with van der Waals surface area (Å²) in [6.45, 7) is 2.61. The van der Waals surface area contributed by atoms with E-state index < -0.39 is 0 Å². The molecule has 2 aromatic carbocycles. The first-order valence-corrected chi connectivity index (χ1v) is 6.40. The van der Waals surface area contributed by atoms with Crippen molar-refractivity contribution in [3.05, 3.63) is 65.7 Å². The number of aliphatic hydroxyl groups excluding tert-OH is 1. The Morgan fingerprint density at radius 2 is 1.89 bits per heavy atom. The van der Waals surface area contributed by atoms with Gasteiger partial charge in [0, 0.05) is 12.6 Å².